The number of thiophene rings is 1. The SMILES string of the molecule is CN(CC(=O)Nc1ccc(F)cc1)S(=O)(=O)c1cccs1. The van der Waals surface area contributed by atoms with E-state index in [4.69, 9.17) is 0 Å². The highest BCUT2D eigenvalue weighted by Crippen LogP contribution is 2.19. The molecule has 2 rings (SSSR count). The lowest BCUT2D eigenvalue weighted by Crippen LogP contribution is -2.34. The summed E-state index contributed by atoms with van der Waals surface area (Å²) in [5, 5.41) is 4.16. The van der Waals surface area contributed by atoms with E-state index in [1.165, 1.54) is 37.4 Å². The van der Waals surface area contributed by atoms with E-state index in [0.29, 0.717) is 5.69 Å². The van der Waals surface area contributed by atoms with Crippen molar-refractivity contribution in [1.82, 2.24) is 4.31 Å². The zero-order valence-corrected chi connectivity index (χ0v) is 12.7. The normalized spacial score (nSPS) is 11.6. The Morgan fingerprint density at radius 3 is 2.52 bits per heavy atom. The molecule has 0 saturated carbocycles. The molecule has 1 aromatic heterocycles. The zero-order chi connectivity index (χ0) is 15.5. The van der Waals surface area contributed by atoms with Gasteiger partial charge in [0.25, 0.3) is 10.0 Å². The number of hydrogen-bond acceptors (Lipinski definition) is 4. The molecule has 8 heteroatoms. The van der Waals surface area contributed by atoms with Gasteiger partial charge in [-0.15, -0.1) is 11.3 Å². The summed E-state index contributed by atoms with van der Waals surface area (Å²) < 4.78 is 38.2. The van der Waals surface area contributed by atoms with Gasteiger partial charge in [0, 0.05) is 12.7 Å². The molecule has 0 atom stereocenters. The molecular formula is C13H13FN2O3S2. The van der Waals surface area contributed by atoms with E-state index in [9.17, 15) is 17.6 Å². The minimum Gasteiger partial charge on any atom is -0.325 e. The summed E-state index contributed by atoms with van der Waals surface area (Å²) in [4.78, 5) is 11.8. The van der Waals surface area contributed by atoms with Crippen LogP contribution in [0.5, 0.6) is 0 Å². The van der Waals surface area contributed by atoms with Crippen LogP contribution >= 0.6 is 11.3 Å². The van der Waals surface area contributed by atoms with Crippen LogP contribution in [0.1, 0.15) is 0 Å². The van der Waals surface area contributed by atoms with Gasteiger partial charge in [0.05, 0.1) is 6.54 Å². The quantitative estimate of drug-likeness (QED) is 0.914. The van der Waals surface area contributed by atoms with E-state index < -0.39 is 21.7 Å². The largest absolute Gasteiger partial charge is 0.325 e. The second kappa shape index (κ2) is 6.33. The predicted octanol–water partition coefficient (Wildman–Crippen LogP) is 2.15. The Balaban J connectivity index is 2.01. The number of carbonyl (C=O) groups is 1. The van der Waals surface area contributed by atoms with Gasteiger partial charge in [-0.3, -0.25) is 4.79 Å². The maximum Gasteiger partial charge on any atom is 0.252 e. The monoisotopic (exact) mass is 328 g/mol. The fourth-order valence-electron chi connectivity index (χ4n) is 1.58. The number of amides is 1. The van der Waals surface area contributed by atoms with Gasteiger partial charge in [0.2, 0.25) is 5.91 Å². The topological polar surface area (TPSA) is 66.5 Å². The second-order valence-corrected chi connectivity index (χ2v) is 7.47. The number of hydrogen-bond donors (Lipinski definition) is 1. The number of halogens is 1. The third kappa shape index (κ3) is 3.87. The van der Waals surface area contributed by atoms with Gasteiger partial charge >= 0.3 is 0 Å². The van der Waals surface area contributed by atoms with Gasteiger partial charge in [-0.2, -0.15) is 4.31 Å². The van der Waals surface area contributed by atoms with Crippen molar-refractivity contribution in [1.29, 1.82) is 0 Å². The lowest BCUT2D eigenvalue weighted by atomic mass is 10.3. The average Bonchev–Trinajstić information content (AvgIpc) is 2.96. The van der Waals surface area contributed by atoms with E-state index in [0.717, 1.165) is 15.6 Å². The molecule has 1 heterocycles. The van der Waals surface area contributed by atoms with Crippen molar-refractivity contribution >= 4 is 33.0 Å². The molecule has 0 aliphatic heterocycles. The van der Waals surface area contributed by atoms with Crippen LogP contribution in [0.25, 0.3) is 0 Å². The lowest BCUT2D eigenvalue weighted by molar-refractivity contribution is -0.116. The molecular weight excluding hydrogens is 315 g/mol. The third-order valence-corrected chi connectivity index (χ3v) is 5.83. The number of carbonyl (C=O) groups excluding carboxylic acids is 1. The summed E-state index contributed by atoms with van der Waals surface area (Å²) in [6.45, 7) is -0.322. The molecule has 5 nitrogen and oxygen atoms in total. The maximum atomic E-state index is 12.7. The molecule has 0 saturated heterocycles. The van der Waals surface area contributed by atoms with E-state index in [1.807, 2.05) is 0 Å². The van der Waals surface area contributed by atoms with Crippen LogP contribution in [0.2, 0.25) is 0 Å². The van der Waals surface area contributed by atoms with Crippen LogP contribution in [-0.2, 0) is 14.8 Å². The van der Waals surface area contributed by atoms with Gasteiger partial charge in [0.15, 0.2) is 0 Å². The Bertz CT molecular complexity index is 712. The van der Waals surface area contributed by atoms with Gasteiger partial charge in [-0.1, -0.05) is 6.07 Å². The van der Waals surface area contributed by atoms with E-state index in [-0.39, 0.29) is 10.8 Å². The smallest absolute Gasteiger partial charge is 0.252 e. The van der Waals surface area contributed by atoms with Crippen molar-refractivity contribution in [2.75, 3.05) is 18.9 Å². The van der Waals surface area contributed by atoms with Gasteiger partial charge in [-0.05, 0) is 35.7 Å². The van der Waals surface area contributed by atoms with E-state index in [2.05, 4.69) is 5.32 Å². The van der Waals surface area contributed by atoms with Crippen molar-refractivity contribution in [2.45, 2.75) is 4.21 Å². The van der Waals surface area contributed by atoms with Crippen molar-refractivity contribution < 1.29 is 17.6 Å². The second-order valence-electron chi connectivity index (χ2n) is 4.25. The molecule has 0 bridgehead atoms. The highest BCUT2D eigenvalue weighted by atomic mass is 32.2. The first-order chi connectivity index (χ1) is 9.89. The maximum absolute atomic E-state index is 12.7. The zero-order valence-electron chi connectivity index (χ0n) is 11.1. The molecule has 0 radical (unpaired) electrons. The lowest BCUT2D eigenvalue weighted by Gasteiger charge is -2.15. The Kier molecular flexibility index (Phi) is 4.71. The number of benzene rings is 1. The molecule has 0 aliphatic rings. The summed E-state index contributed by atoms with van der Waals surface area (Å²) in [5.74, 6) is -0.908. The molecule has 1 amide bonds. The summed E-state index contributed by atoms with van der Waals surface area (Å²) in [5.41, 5.74) is 0.406. The van der Waals surface area contributed by atoms with Crippen LogP contribution in [-0.4, -0.2) is 32.2 Å². The van der Waals surface area contributed by atoms with Crippen LogP contribution in [0, 0.1) is 5.82 Å². The van der Waals surface area contributed by atoms with Crippen LogP contribution in [0.4, 0.5) is 10.1 Å². The summed E-state index contributed by atoms with van der Waals surface area (Å²) in [6.07, 6.45) is 0. The molecule has 1 N–H and O–H groups in total. The Morgan fingerprint density at radius 2 is 1.95 bits per heavy atom. The Hall–Kier alpha value is -1.77. The average molecular weight is 328 g/mol. The molecule has 21 heavy (non-hydrogen) atoms. The molecule has 0 unspecified atom stereocenters. The molecule has 2 aromatic rings. The van der Waals surface area contributed by atoms with E-state index >= 15 is 0 Å². The molecule has 0 aliphatic carbocycles. The number of nitrogens with zero attached hydrogens (tertiary/aromatic N) is 1. The van der Waals surface area contributed by atoms with E-state index in [1.54, 1.807) is 11.4 Å². The van der Waals surface area contributed by atoms with Crippen LogP contribution in [0.15, 0.2) is 46.0 Å². The van der Waals surface area contributed by atoms with Gasteiger partial charge in [-0.25, -0.2) is 12.8 Å². The molecule has 0 fully saturated rings. The van der Waals surface area contributed by atoms with Crippen LogP contribution < -0.4 is 5.32 Å². The minimum absolute atomic E-state index is 0.180. The fraction of sp³-hybridized carbons (Fsp3) is 0.154. The van der Waals surface area contributed by atoms with Crippen molar-refractivity contribution in [2.24, 2.45) is 0 Å². The molecule has 1 aromatic carbocycles. The summed E-state index contributed by atoms with van der Waals surface area (Å²) in [6, 6.07) is 8.34. The number of sulfonamides is 1. The third-order valence-electron chi connectivity index (χ3n) is 2.65. The fourth-order valence-corrected chi connectivity index (χ4v) is 3.91. The van der Waals surface area contributed by atoms with Crippen LogP contribution in [0.3, 0.4) is 0 Å². The Morgan fingerprint density at radius 1 is 1.29 bits per heavy atom. The van der Waals surface area contributed by atoms with Crippen molar-refractivity contribution in [3.63, 3.8) is 0 Å². The highest BCUT2D eigenvalue weighted by molar-refractivity contribution is 7.91. The number of nitrogens with one attached hydrogen (secondary N) is 1. The first-order valence-electron chi connectivity index (χ1n) is 5.95. The minimum atomic E-state index is -3.66. The molecule has 0 spiro atoms. The first kappa shape index (κ1) is 15.6. The standard InChI is InChI=1S/C13H13FN2O3S2/c1-16(21(18,19)13-3-2-8-20-13)9-12(17)15-11-6-4-10(14)5-7-11/h2-8H,9H2,1H3,(H,15,17). The number of rotatable bonds is 5. The predicted molar refractivity (Wildman–Crippen MR) is 79.2 cm³/mol. The highest BCUT2D eigenvalue weighted by Gasteiger charge is 2.23. The van der Waals surface area contributed by atoms with Gasteiger partial charge in [0.1, 0.15) is 10.0 Å². The summed E-state index contributed by atoms with van der Waals surface area (Å²) >= 11 is 1.09. The first-order valence-corrected chi connectivity index (χ1v) is 8.27. The molecule has 112 valence electrons. The van der Waals surface area contributed by atoms with Crippen molar-refractivity contribution in [3.8, 4) is 0 Å². The summed E-state index contributed by atoms with van der Waals surface area (Å²) in [7, 11) is -2.33. The van der Waals surface area contributed by atoms with Gasteiger partial charge < -0.3 is 5.32 Å². The van der Waals surface area contributed by atoms with Crippen molar-refractivity contribution in [3.05, 3.63) is 47.6 Å². The number of likely N-dealkylation sites (N-methyl/N-ethyl adjacent to an activating group) is 1. The Labute approximate surface area is 126 Å². The number of anilines is 1.